The molecule has 2 N–H and O–H groups in total. The second kappa shape index (κ2) is 10.0. The number of benzene rings is 2. The zero-order chi connectivity index (χ0) is 25.9. The smallest absolute Gasteiger partial charge is 0.321 e. The Morgan fingerprint density at radius 3 is 2.28 bits per heavy atom. The van der Waals surface area contributed by atoms with Gasteiger partial charge in [0, 0.05) is 11.8 Å². The van der Waals surface area contributed by atoms with E-state index in [1.807, 2.05) is 37.3 Å². The van der Waals surface area contributed by atoms with Crippen molar-refractivity contribution in [3.8, 4) is 17.6 Å². The lowest BCUT2D eigenvalue weighted by molar-refractivity contribution is 0.102. The molecule has 36 heavy (non-hydrogen) atoms. The fourth-order valence-electron chi connectivity index (χ4n) is 3.55. The first-order chi connectivity index (χ1) is 17.2. The number of carbonyl (C=O) groups is 1. The Hall–Kier alpha value is -4.45. The molecule has 186 valence electrons. The number of amides is 1. The number of rotatable bonds is 8. The minimum absolute atomic E-state index is 0.0162. The van der Waals surface area contributed by atoms with Crippen molar-refractivity contribution in [1.82, 2.24) is 19.7 Å². The molecule has 0 atom stereocenters. The summed E-state index contributed by atoms with van der Waals surface area (Å²) in [6.07, 6.45) is 0. The fourth-order valence-corrected chi connectivity index (χ4v) is 4.54. The summed E-state index contributed by atoms with van der Waals surface area (Å²) in [7, 11) is -1.23. The van der Waals surface area contributed by atoms with Crippen LogP contribution in [0.25, 0.3) is 5.69 Å². The Kier molecular flexibility index (Phi) is 6.88. The van der Waals surface area contributed by atoms with Gasteiger partial charge in [0.25, 0.3) is 15.9 Å². The van der Waals surface area contributed by atoms with Crippen LogP contribution in [0.2, 0.25) is 0 Å². The van der Waals surface area contributed by atoms with Crippen molar-refractivity contribution < 1.29 is 22.7 Å². The Labute approximate surface area is 208 Å². The summed E-state index contributed by atoms with van der Waals surface area (Å²) in [5.74, 6) is -0.225. The lowest BCUT2D eigenvalue weighted by Crippen LogP contribution is -2.16. The summed E-state index contributed by atoms with van der Waals surface area (Å²) in [5.41, 5.74) is 2.99. The van der Waals surface area contributed by atoms with Crippen molar-refractivity contribution in [3.63, 3.8) is 0 Å². The molecule has 4 rings (SSSR count). The Bertz CT molecular complexity index is 1480. The van der Waals surface area contributed by atoms with Gasteiger partial charge in [0.2, 0.25) is 5.88 Å². The first-order valence-electron chi connectivity index (χ1n) is 10.7. The lowest BCUT2D eigenvalue weighted by atomic mass is 10.1. The molecule has 0 bridgehead atoms. The van der Waals surface area contributed by atoms with Crippen LogP contribution in [0, 0.1) is 13.8 Å². The summed E-state index contributed by atoms with van der Waals surface area (Å²) in [4.78, 5) is 20.9. The molecule has 0 aliphatic heterocycles. The fraction of sp³-hybridized carbons (Fsp3) is 0.167. The van der Waals surface area contributed by atoms with E-state index in [4.69, 9.17) is 9.47 Å². The largest absolute Gasteiger partial charge is 0.481 e. The highest BCUT2D eigenvalue weighted by molar-refractivity contribution is 7.92. The average Bonchev–Trinajstić information content (AvgIpc) is 3.18. The number of sulfonamides is 1. The minimum atomic E-state index is -3.98. The topological polar surface area (TPSA) is 137 Å². The zero-order valence-electron chi connectivity index (χ0n) is 20.0. The molecule has 0 fully saturated rings. The zero-order valence-corrected chi connectivity index (χ0v) is 20.8. The predicted molar refractivity (Wildman–Crippen MR) is 133 cm³/mol. The van der Waals surface area contributed by atoms with E-state index in [2.05, 4.69) is 25.1 Å². The van der Waals surface area contributed by atoms with Crippen molar-refractivity contribution in [2.75, 3.05) is 24.3 Å². The van der Waals surface area contributed by atoms with Crippen LogP contribution in [0.3, 0.4) is 0 Å². The molecule has 2 aromatic carbocycles. The van der Waals surface area contributed by atoms with Gasteiger partial charge in [-0.1, -0.05) is 18.2 Å². The molecule has 12 heteroatoms. The van der Waals surface area contributed by atoms with Crippen LogP contribution < -0.4 is 19.5 Å². The number of aromatic nitrogens is 4. The molecule has 0 spiro atoms. The maximum Gasteiger partial charge on any atom is 0.321 e. The van der Waals surface area contributed by atoms with Gasteiger partial charge in [0.05, 0.1) is 41.8 Å². The number of ether oxygens (including phenoxy) is 2. The summed E-state index contributed by atoms with van der Waals surface area (Å²) < 4.78 is 39.7. The molecule has 11 nitrogen and oxygen atoms in total. The quantitative estimate of drug-likeness (QED) is 0.370. The van der Waals surface area contributed by atoms with Gasteiger partial charge in [-0.25, -0.2) is 13.1 Å². The van der Waals surface area contributed by atoms with Crippen LogP contribution in [-0.4, -0.2) is 48.3 Å². The van der Waals surface area contributed by atoms with Gasteiger partial charge in [0.1, 0.15) is 0 Å². The number of para-hydroxylation sites is 1. The molecule has 0 saturated heterocycles. The molecule has 0 unspecified atom stereocenters. The van der Waals surface area contributed by atoms with Gasteiger partial charge < -0.3 is 14.8 Å². The summed E-state index contributed by atoms with van der Waals surface area (Å²) >= 11 is 0. The molecule has 0 aliphatic rings. The van der Waals surface area contributed by atoms with Crippen molar-refractivity contribution in [3.05, 3.63) is 77.6 Å². The molecular formula is C24H24N6O5S. The Morgan fingerprint density at radius 1 is 0.944 bits per heavy atom. The molecular weight excluding hydrogens is 484 g/mol. The number of hydrogen-bond donors (Lipinski definition) is 2. The van der Waals surface area contributed by atoms with E-state index in [0.717, 1.165) is 5.69 Å². The van der Waals surface area contributed by atoms with Crippen LogP contribution in [-0.2, 0) is 10.0 Å². The normalized spacial score (nSPS) is 11.1. The third-order valence-corrected chi connectivity index (χ3v) is 6.63. The molecule has 2 heterocycles. The first kappa shape index (κ1) is 24.7. The monoisotopic (exact) mass is 508 g/mol. The number of hydrogen-bond acceptors (Lipinski definition) is 8. The molecule has 4 aromatic rings. The number of nitrogens with zero attached hydrogens (tertiary/aromatic N) is 4. The van der Waals surface area contributed by atoms with E-state index in [9.17, 15) is 13.2 Å². The SMILES string of the molecule is COc1cc(NS(=O)(=O)c2ccc(NC(=O)c3c(C)nn(-c4ccccc4)c3C)cc2)nc(OC)n1. The number of nitrogens with one attached hydrogen (secondary N) is 2. The van der Waals surface area contributed by atoms with E-state index < -0.39 is 10.0 Å². The second-order valence-corrected chi connectivity index (χ2v) is 9.34. The van der Waals surface area contributed by atoms with E-state index >= 15 is 0 Å². The van der Waals surface area contributed by atoms with Gasteiger partial charge in [-0.15, -0.1) is 0 Å². The summed E-state index contributed by atoms with van der Waals surface area (Å²) in [5, 5.41) is 7.30. The van der Waals surface area contributed by atoms with Crippen LogP contribution in [0.5, 0.6) is 11.9 Å². The van der Waals surface area contributed by atoms with E-state index in [1.54, 1.807) is 11.6 Å². The molecule has 0 aliphatic carbocycles. The predicted octanol–water partition coefficient (Wildman–Crippen LogP) is 3.35. The molecule has 0 saturated carbocycles. The second-order valence-electron chi connectivity index (χ2n) is 7.66. The lowest BCUT2D eigenvalue weighted by Gasteiger charge is -2.11. The van der Waals surface area contributed by atoms with Crippen molar-refractivity contribution >= 4 is 27.4 Å². The first-order valence-corrected chi connectivity index (χ1v) is 12.2. The van der Waals surface area contributed by atoms with E-state index in [-0.39, 0.29) is 28.5 Å². The third kappa shape index (κ3) is 5.13. The number of anilines is 2. The Morgan fingerprint density at radius 2 is 1.64 bits per heavy atom. The number of carbonyl (C=O) groups excluding carboxylic acids is 1. The van der Waals surface area contributed by atoms with Crippen LogP contribution in [0.4, 0.5) is 11.5 Å². The highest BCUT2D eigenvalue weighted by Crippen LogP contribution is 2.23. The van der Waals surface area contributed by atoms with Gasteiger partial charge in [-0.05, 0) is 50.2 Å². The summed E-state index contributed by atoms with van der Waals surface area (Å²) in [6, 6.07) is 16.5. The maximum absolute atomic E-state index is 13.0. The third-order valence-electron chi connectivity index (χ3n) is 5.25. The van der Waals surface area contributed by atoms with Gasteiger partial charge in [0.15, 0.2) is 5.82 Å². The van der Waals surface area contributed by atoms with Crippen LogP contribution >= 0.6 is 0 Å². The van der Waals surface area contributed by atoms with Gasteiger partial charge in [-0.3, -0.25) is 9.52 Å². The highest BCUT2D eigenvalue weighted by atomic mass is 32.2. The van der Waals surface area contributed by atoms with Crippen LogP contribution in [0.1, 0.15) is 21.7 Å². The average molecular weight is 509 g/mol. The van der Waals surface area contributed by atoms with Crippen molar-refractivity contribution in [2.24, 2.45) is 0 Å². The van der Waals surface area contributed by atoms with Crippen LogP contribution in [0.15, 0.2) is 65.6 Å². The number of aryl methyl sites for hydroxylation is 1. The van der Waals surface area contributed by atoms with Crippen molar-refractivity contribution in [2.45, 2.75) is 18.7 Å². The Balaban J connectivity index is 1.51. The van der Waals surface area contributed by atoms with E-state index in [0.29, 0.717) is 22.6 Å². The molecule has 1 amide bonds. The minimum Gasteiger partial charge on any atom is -0.481 e. The highest BCUT2D eigenvalue weighted by Gasteiger charge is 2.21. The maximum atomic E-state index is 13.0. The van der Waals surface area contributed by atoms with Gasteiger partial charge >= 0.3 is 6.01 Å². The molecule has 2 aromatic heterocycles. The molecule has 0 radical (unpaired) electrons. The number of methoxy groups -OCH3 is 2. The van der Waals surface area contributed by atoms with E-state index in [1.165, 1.54) is 44.6 Å². The summed E-state index contributed by atoms with van der Waals surface area (Å²) in [6.45, 7) is 3.58. The van der Waals surface area contributed by atoms with Gasteiger partial charge in [-0.2, -0.15) is 15.1 Å². The standard InChI is InChI=1S/C24H24N6O5S/c1-15-22(16(2)30(28-15)18-8-6-5-7-9-18)23(31)25-17-10-12-19(13-11-17)36(32,33)29-20-14-21(34-3)27-24(26-20)35-4/h5-14H,1-4H3,(H,25,31)(H,26,27,29). The van der Waals surface area contributed by atoms with Crippen molar-refractivity contribution in [1.29, 1.82) is 0 Å².